The van der Waals surface area contributed by atoms with Crippen molar-refractivity contribution in [3.8, 4) is 5.75 Å². The lowest BCUT2D eigenvalue weighted by atomic mass is 10.1. The maximum atomic E-state index is 11.5. The van der Waals surface area contributed by atoms with Crippen LogP contribution >= 0.6 is 0 Å². The highest BCUT2D eigenvalue weighted by Gasteiger charge is 2.07. The van der Waals surface area contributed by atoms with Gasteiger partial charge in [0.1, 0.15) is 5.75 Å². The molecule has 19 heavy (non-hydrogen) atoms. The highest BCUT2D eigenvalue weighted by atomic mass is 32.2. The van der Waals surface area contributed by atoms with Crippen LogP contribution in [-0.2, 0) is 16.4 Å². The van der Waals surface area contributed by atoms with Gasteiger partial charge in [0.05, 0.1) is 11.9 Å². The lowest BCUT2D eigenvalue weighted by Gasteiger charge is -2.10. The van der Waals surface area contributed by atoms with Gasteiger partial charge in [-0.3, -0.25) is 0 Å². The van der Waals surface area contributed by atoms with E-state index in [1.165, 1.54) is 0 Å². The lowest BCUT2D eigenvalue weighted by molar-refractivity contribution is 0.242. The van der Waals surface area contributed by atoms with Crippen LogP contribution in [0.5, 0.6) is 5.75 Å². The van der Waals surface area contributed by atoms with Crippen molar-refractivity contribution in [2.75, 3.05) is 12.3 Å². The van der Waals surface area contributed by atoms with Crippen molar-refractivity contribution in [3.05, 3.63) is 29.8 Å². The molecule has 0 bridgehead atoms. The molecule has 0 aliphatic carbocycles. The number of nitrogens with one attached hydrogen (secondary N) is 1. The van der Waals surface area contributed by atoms with Gasteiger partial charge in [0.15, 0.2) is 0 Å². The highest BCUT2D eigenvalue weighted by molar-refractivity contribution is 7.89. The molecule has 1 aromatic carbocycles. The van der Waals surface area contributed by atoms with Crippen LogP contribution in [0.15, 0.2) is 24.3 Å². The van der Waals surface area contributed by atoms with E-state index >= 15 is 0 Å². The fraction of sp³-hybridized carbons (Fsp3) is 0.571. The van der Waals surface area contributed by atoms with E-state index < -0.39 is 10.0 Å². The van der Waals surface area contributed by atoms with Crippen LogP contribution in [-0.4, -0.2) is 26.8 Å². The summed E-state index contributed by atoms with van der Waals surface area (Å²) in [6.45, 7) is 6.26. The van der Waals surface area contributed by atoms with Gasteiger partial charge in [-0.1, -0.05) is 19.1 Å². The SMILES string of the molecule is CCCS(=O)(=O)NCCc1ccc(OC(C)C)cc1. The molecule has 0 spiro atoms. The van der Waals surface area contributed by atoms with Crippen molar-refractivity contribution in [2.24, 2.45) is 0 Å². The van der Waals surface area contributed by atoms with Gasteiger partial charge in [-0.05, 0) is 44.4 Å². The van der Waals surface area contributed by atoms with Crippen LogP contribution in [0.3, 0.4) is 0 Å². The Morgan fingerprint density at radius 3 is 2.37 bits per heavy atom. The molecular weight excluding hydrogens is 262 g/mol. The quantitative estimate of drug-likeness (QED) is 0.797. The Hall–Kier alpha value is -1.07. The third-order valence-corrected chi connectivity index (χ3v) is 4.09. The van der Waals surface area contributed by atoms with Crippen LogP contribution in [0.1, 0.15) is 32.8 Å². The fourth-order valence-electron chi connectivity index (χ4n) is 1.70. The van der Waals surface area contributed by atoms with E-state index in [0.717, 1.165) is 11.3 Å². The molecule has 1 N–H and O–H groups in total. The van der Waals surface area contributed by atoms with Crippen molar-refractivity contribution in [2.45, 2.75) is 39.7 Å². The van der Waals surface area contributed by atoms with E-state index in [2.05, 4.69) is 4.72 Å². The van der Waals surface area contributed by atoms with Gasteiger partial charge in [-0.25, -0.2) is 13.1 Å². The van der Waals surface area contributed by atoms with Crippen LogP contribution < -0.4 is 9.46 Å². The van der Waals surface area contributed by atoms with Crippen molar-refractivity contribution in [3.63, 3.8) is 0 Å². The Morgan fingerprint density at radius 1 is 1.21 bits per heavy atom. The average Bonchev–Trinajstić information content (AvgIpc) is 2.30. The normalized spacial score (nSPS) is 11.8. The third kappa shape index (κ3) is 6.59. The molecule has 0 radical (unpaired) electrons. The summed E-state index contributed by atoms with van der Waals surface area (Å²) in [5.41, 5.74) is 1.09. The van der Waals surface area contributed by atoms with E-state index in [9.17, 15) is 8.42 Å². The minimum absolute atomic E-state index is 0.159. The smallest absolute Gasteiger partial charge is 0.211 e. The van der Waals surface area contributed by atoms with Gasteiger partial charge in [-0.2, -0.15) is 0 Å². The monoisotopic (exact) mass is 285 g/mol. The summed E-state index contributed by atoms with van der Waals surface area (Å²) in [5, 5.41) is 0. The molecule has 0 amide bonds. The first-order valence-electron chi connectivity index (χ1n) is 6.66. The summed E-state index contributed by atoms with van der Waals surface area (Å²) < 4.78 is 31.1. The minimum Gasteiger partial charge on any atom is -0.491 e. The van der Waals surface area contributed by atoms with E-state index in [4.69, 9.17) is 4.74 Å². The van der Waals surface area contributed by atoms with Crippen molar-refractivity contribution >= 4 is 10.0 Å². The molecule has 0 aliphatic heterocycles. The Labute approximate surface area is 116 Å². The first-order valence-corrected chi connectivity index (χ1v) is 8.31. The van der Waals surface area contributed by atoms with E-state index in [1.54, 1.807) is 0 Å². The zero-order chi connectivity index (χ0) is 14.3. The molecule has 1 rings (SSSR count). The Balaban J connectivity index is 2.42. The number of hydrogen-bond acceptors (Lipinski definition) is 3. The van der Waals surface area contributed by atoms with Crippen molar-refractivity contribution in [1.82, 2.24) is 4.72 Å². The minimum atomic E-state index is -3.10. The van der Waals surface area contributed by atoms with Crippen LogP contribution in [0, 0.1) is 0 Å². The summed E-state index contributed by atoms with van der Waals surface area (Å²) in [6, 6.07) is 7.75. The summed E-state index contributed by atoms with van der Waals surface area (Å²) in [4.78, 5) is 0. The van der Waals surface area contributed by atoms with Gasteiger partial charge >= 0.3 is 0 Å². The number of ether oxygens (including phenoxy) is 1. The molecule has 0 atom stereocenters. The molecule has 0 unspecified atom stereocenters. The number of sulfonamides is 1. The number of hydrogen-bond donors (Lipinski definition) is 1. The summed E-state index contributed by atoms with van der Waals surface area (Å²) >= 11 is 0. The van der Waals surface area contributed by atoms with E-state index in [1.807, 2.05) is 45.0 Å². The van der Waals surface area contributed by atoms with Crippen LogP contribution in [0.2, 0.25) is 0 Å². The Bertz CT molecular complexity index is 466. The molecule has 5 heteroatoms. The summed E-state index contributed by atoms with van der Waals surface area (Å²) in [7, 11) is -3.10. The molecule has 108 valence electrons. The number of rotatable bonds is 8. The highest BCUT2D eigenvalue weighted by Crippen LogP contribution is 2.13. The second-order valence-electron chi connectivity index (χ2n) is 4.77. The molecule has 0 fully saturated rings. The fourth-order valence-corrected chi connectivity index (χ4v) is 2.79. The first-order chi connectivity index (χ1) is 8.93. The molecule has 0 saturated carbocycles. The zero-order valence-corrected chi connectivity index (χ0v) is 12.7. The van der Waals surface area contributed by atoms with Gasteiger partial charge < -0.3 is 4.74 Å². The molecule has 0 aliphatic rings. The predicted molar refractivity (Wildman–Crippen MR) is 78.0 cm³/mol. The lowest BCUT2D eigenvalue weighted by Crippen LogP contribution is -2.28. The summed E-state index contributed by atoms with van der Waals surface area (Å²) in [5.74, 6) is 1.03. The second kappa shape index (κ2) is 7.50. The molecular formula is C14H23NO3S. The Morgan fingerprint density at radius 2 is 1.84 bits per heavy atom. The molecule has 0 aromatic heterocycles. The third-order valence-electron chi connectivity index (χ3n) is 2.50. The maximum absolute atomic E-state index is 11.5. The standard InChI is InChI=1S/C14H23NO3S/c1-4-11-19(16,17)15-10-9-13-5-7-14(8-6-13)18-12(2)3/h5-8,12,15H,4,9-11H2,1-3H3. The average molecular weight is 285 g/mol. The van der Waals surface area contributed by atoms with E-state index in [-0.39, 0.29) is 11.9 Å². The van der Waals surface area contributed by atoms with Gasteiger partial charge in [0.2, 0.25) is 10.0 Å². The largest absolute Gasteiger partial charge is 0.491 e. The Kier molecular flexibility index (Phi) is 6.31. The molecule has 0 heterocycles. The van der Waals surface area contributed by atoms with Gasteiger partial charge in [0.25, 0.3) is 0 Å². The number of benzene rings is 1. The predicted octanol–water partition coefficient (Wildman–Crippen LogP) is 2.35. The summed E-state index contributed by atoms with van der Waals surface area (Å²) in [6.07, 6.45) is 1.48. The van der Waals surface area contributed by atoms with Crippen LogP contribution in [0.25, 0.3) is 0 Å². The molecule has 1 aromatic rings. The topological polar surface area (TPSA) is 55.4 Å². The van der Waals surface area contributed by atoms with Crippen molar-refractivity contribution in [1.29, 1.82) is 0 Å². The maximum Gasteiger partial charge on any atom is 0.211 e. The zero-order valence-electron chi connectivity index (χ0n) is 11.8. The van der Waals surface area contributed by atoms with Crippen molar-refractivity contribution < 1.29 is 13.2 Å². The molecule has 4 nitrogen and oxygen atoms in total. The van der Waals surface area contributed by atoms with Gasteiger partial charge in [0, 0.05) is 6.54 Å². The van der Waals surface area contributed by atoms with Gasteiger partial charge in [-0.15, -0.1) is 0 Å². The molecule has 0 saturated heterocycles. The second-order valence-corrected chi connectivity index (χ2v) is 6.70. The van der Waals surface area contributed by atoms with Crippen LogP contribution in [0.4, 0.5) is 0 Å². The first kappa shape index (κ1) is 16.0. The van der Waals surface area contributed by atoms with E-state index in [0.29, 0.717) is 19.4 Å².